The number of anilines is 1. The predicted molar refractivity (Wildman–Crippen MR) is 181 cm³/mol. The van der Waals surface area contributed by atoms with Gasteiger partial charge in [0.05, 0.1) is 31.0 Å². The van der Waals surface area contributed by atoms with Gasteiger partial charge in [-0.2, -0.15) is 5.10 Å². The number of para-hydroxylation sites is 1. The Bertz CT molecular complexity index is 1840. The maximum absolute atomic E-state index is 12.1. The van der Waals surface area contributed by atoms with Gasteiger partial charge in [-0.3, -0.25) is 14.4 Å². The number of aromatic nitrogens is 5. The van der Waals surface area contributed by atoms with Crippen LogP contribution < -0.4 is 10.5 Å². The van der Waals surface area contributed by atoms with E-state index in [1.165, 1.54) is 18.2 Å². The first kappa shape index (κ1) is 33.0. The Morgan fingerprint density at radius 1 is 1.06 bits per heavy atom. The second kappa shape index (κ2) is 14.4. The van der Waals surface area contributed by atoms with Crippen molar-refractivity contribution in [3.05, 3.63) is 77.6 Å². The molecule has 5 aromatic rings. The lowest BCUT2D eigenvalue weighted by molar-refractivity contribution is -0.144. The van der Waals surface area contributed by atoms with Gasteiger partial charge in [0.25, 0.3) is 5.88 Å². The minimum Gasteiger partial charge on any atom is -0.507 e. The molecule has 3 N–H and O–H groups in total. The number of phenols is 1. The summed E-state index contributed by atoms with van der Waals surface area (Å²) >= 11 is 0. The molecule has 3 aromatic heterocycles. The molecule has 6 rings (SSSR count). The number of likely N-dealkylation sites (tertiary alicyclic amines) is 1. The van der Waals surface area contributed by atoms with Gasteiger partial charge in [-0.15, -0.1) is 10.2 Å². The number of piperidine rings is 1. The van der Waals surface area contributed by atoms with E-state index in [9.17, 15) is 9.90 Å². The van der Waals surface area contributed by atoms with Crippen LogP contribution in [0.15, 0.2) is 65.2 Å². The number of hydrogen-bond donors (Lipinski definition) is 2. The number of hydrogen-bond acceptors (Lipinski definition) is 11. The van der Waals surface area contributed by atoms with Crippen molar-refractivity contribution < 1.29 is 23.9 Å². The lowest BCUT2D eigenvalue weighted by Gasteiger charge is -2.36. The molecule has 1 aliphatic heterocycles. The van der Waals surface area contributed by atoms with Crippen LogP contribution >= 0.6 is 0 Å². The third kappa shape index (κ3) is 6.98. The van der Waals surface area contributed by atoms with E-state index < -0.39 is 5.92 Å². The third-order valence-corrected chi connectivity index (χ3v) is 9.31. The van der Waals surface area contributed by atoms with Crippen molar-refractivity contribution in [3.63, 3.8) is 0 Å². The maximum atomic E-state index is 12.1. The van der Waals surface area contributed by atoms with Gasteiger partial charge >= 0.3 is 5.97 Å². The fourth-order valence-corrected chi connectivity index (χ4v) is 6.53. The highest BCUT2D eigenvalue weighted by Crippen LogP contribution is 2.34. The molecular formula is C36H43N7O5. The van der Waals surface area contributed by atoms with Gasteiger partial charge < -0.3 is 24.8 Å². The molecule has 1 aliphatic rings. The number of phenolic OH excluding ortho intramolecular Hbond substituents is 1. The van der Waals surface area contributed by atoms with Crippen molar-refractivity contribution in [2.24, 2.45) is 5.92 Å². The summed E-state index contributed by atoms with van der Waals surface area (Å²) in [6.07, 6.45) is 3.56. The number of nitrogens with two attached hydrogens (primary N) is 1. The summed E-state index contributed by atoms with van der Waals surface area (Å²) in [6, 6.07) is 20.0. The van der Waals surface area contributed by atoms with Crippen LogP contribution in [0.2, 0.25) is 0 Å². The molecule has 0 amide bonds. The third-order valence-electron chi connectivity index (χ3n) is 9.31. The van der Waals surface area contributed by atoms with Crippen LogP contribution in [0.3, 0.4) is 0 Å². The highest BCUT2D eigenvalue weighted by molar-refractivity contribution is 5.87. The van der Waals surface area contributed by atoms with Crippen LogP contribution in [0.1, 0.15) is 74.9 Å². The Kier molecular flexibility index (Phi) is 9.90. The first-order valence-corrected chi connectivity index (χ1v) is 16.5. The second-order valence-electron chi connectivity index (χ2n) is 12.8. The van der Waals surface area contributed by atoms with Crippen LogP contribution in [0.4, 0.5) is 5.82 Å². The van der Waals surface area contributed by atoms with E-state index in [1.807, 2.05) is 36.7 Å². The summed E-state index contributed by atoms with van der Waals surface area (Å²) in [6.45, 7) is 8.48. The number of benzene rings is 2. The molecule has 0 spiro atoms. The number of methoxy groups -OCH3 is 1. The van der Waals surface area contributed by atoms with Crippen LogP contribution in [0.25, 0.3) is 22.3 Å². The van der Waals surface area contributed by atoms with Gasteiger partial charge in [0.1, 0.15) is 11.7 Å². The van der Waals surface area contributed by atoms with Gasteiger partial charge in [-0.1, -0.05) is 50.2 Å². The molecular weight excluding hydrogens is 610 g/mol. The Morgan fingerprint density at radius 3 is 2.52 bits per heavy atom. The van der Waals surface area contributed by atoms with E-state index in [0.29, 0.717) is 40.8 Å². The standard InChI is InChI=1S/C36H43N7O5/c1-22(2)33(36(45)46-4)31-21-32(41-48-31)47-19-7-8-24-11-13-25(14-12-24)23(3)42-17-15-26(16-18-42)43-29-20-28(27-9-5-6-10-30(27)44)38-39-34(29)35(37)40-43/h5-6,9-14,20-23,26,33,44H,7-8,15-19H2,1-4H3,(H2,37,40). The normalized spacial score (nSPS) is 15.5. The first-order valence-electron chi connectivity index (χ1n) is 16.5. The van der Waals surface area contributed by atoms with Crippen LogP contribution in [0.5, 0.6) is 11.6 Å². The molecule has 1 saturated heterocycles. The molecule has 2 aromatic carbocycles. The summed E-state index contributed by atoms with van der Waals surface area (Å²) in [5.41, 5.74) is 11.4. The predicted octanol–water partition coefficient (Wildman–Crippen LogP) is 6.09. The van der Waals surface area contributed by atoms with Gasteiger partial charge in [0.15, 0.2) is 17.1 Å². The Labute approximate surface area is 279 Å². The van der Waals surface area contributed by atoms with E-state index in [1.54, 1.807) is 18.2 Å². The zero-order chi connectivity index (χ0) is 33.8. The number of ether oxygens (including phenoxy) is 2. The van der Waals surface area contributed by atoms with Gasteiger partial charge in [0.2, 0.25) is 0 Å². The zero-order valence-electron chi connectivity index (χ0n) is 27.9. The molecule has 12 heteroatoms. The molecule has 0 saturated carbocycles. The van der Waals surface area contributed by atoms with E-state index in [0.717, 1.165) is 44.3 Å². The Hall–Kier alpha value is -4.97. The molecule has 1 fully saturated rings. The number of aromatic hydroxyl groups is 1. The highest BCUT2D eigenvalue weighted by Gasteiger charge is 2.30. The molecule has 0 radical (unpaired) electrons. The zero-order valence-corrected chi connectivity index (χ0v) is 27.9. The highest BCUT2D eigenvalue weighted by atomic mass is 16.5. The second-order valence-corrected chi connectivity index (χ2v) is 12.8. The number of carbonyl (C=O) groups excluding carboxylic acids is 1. The molecule has 252 valence electrons. The Balaban J connectivity index is 1.00. The number of fused-ring (bicyclic) bond motifs is 1. The van der Waals surface area contributed by atoms with Crippen LogP contribution in [-0.4, -0.2) is 67.9 Å². The van der Waals surface area contributed by atoms with E-state index in [4.69, 9.17) is 19.7 Å². The first-order chi connectivity index (χ1) is 23.2. The quantitative estimate of drug-likeness (QED) is 0.119. The number of nitrogen functional groups attached to an aromatic ring is 1. The Morgan fingerprint density at radius 2 is 1.81 bits per heavy atom. The summed E-state index contributed by atoms with van der Waals surface area (Å²) in [5.74, 6) is 0.513. The molecule has 2 unspecified atom stereocenters. The molecule has 2 atom stereocenters. The number of aryl methyl sites for hydroxylation is 1. The number of nitrogens with zero attached hydrogens (tertiary/aromatic N) is 6. The van der Waals surface area contributed by atoms with Crippen molar-refractivity contribution in [2.45, 2.75) is 64.5 Å². The van der Waals surface area contributed by atoms with Crippen LogP contribution in [-0.2, 0) is 16.0 Å². The number of rotatable bonds is 12. The molecule has 12 nitrogen and oxygen atoms in total. The van der Waals surface area contributed by atoms with E-state index in [-0.39, 0.29) is 29.7 Å². The lowest BCUT2D eigenvalue weighted by atomic mass is 9.93. The minimum atomic E-state index is -0.510. The smallest absolute Gasteiger partial charge is 0.316 e. The average molecular weight is 654 g/mol. The summed E-state index contributed by atoms with van der Waals surface area (Å²) in [7, 11) is 1.37. The molecule has 4 heterocycles. The molecule has 48 heavy (non-hydrogen) atoms. The van der Waals surface area contributed by atoms with Crippen LogP contribution in [0, 0.1) is 5.92 Å². The lowest BCUT2D eigenvalue weighted by Crippen LogP contribution is -2.36. The van der Waals surface area contributed by atoms with E-state index >= 15 is 0 Å². The SMILES string of the molecule is COC(=O)C(c1cc(OCCCc2ccc(C(C)N3CCC(n4nc(N)c5nnc(-c6ccccc6O)cc54)CC3)cc2)no1)C(C)C. The van der Waals surface area contributed by atoms with Gasteiger partial charge in [-0.25, -0.2) is 0 Å². The van der Waals surface area contributed by atoms with Crippen molar-refractivity contribution in [2.75, 3.05) is 32.5 Å². The monoisotopic (exact) mass is 653 g/mol. The van der Waals surface area contributed by atoms with Gasteiger partial charge in [0, 0.05) is 30.8 Å². The number of carbonyl (C=O) groups is 1. The van der Waals surface area contributed by atoms with Crippen molar-refractivity contribution in [3.8, 4) is 22.9 Å². The fraction of sp³-hybridized carbons (Fsp3) is 0.417. The van der Waals surface area contributed by atoms with Crippen molar-refractivity contribution >= 4 is 22.8 Å². The summed E-state index contributed by atoms with van der Waals surface area (Å²) in [5, 5.41) is 27.6. The molecule has 0 aliphatic carbocycles. The topological polar surface area (TPSA) is 155 Å². The summed E-state index contributed by atoms with van der Waals surface area (Å²) < 4.78 is 18.1. The van der Waals surface area contributed by atoms with Crippen molar-refractivity contribution in [1.82, 2.24) is 30.0 Å². The largest absolute Gasteiger partial charge is 0.507 e. The minimum absolute atomic E-state index is 0.0148. The van der Waals surface area contributed by atoms with Crippen molar-refractivity contribution in [1.29, 1.82) is 0 Å². The summed E-state index contributed by atoms with van der Waals surface area (Å²) in [4.78, 5) is 14.6. The number of esters is 1. The molecule has 0 bridgehead atoms. The average Bonchev–Trinajstić information content (AvgIpc) is 3.70. The van der Waals surface area contributed by atoms with Gasteiger partial charge in [-0.05, 0) is 73.0 Å². The maximum Gasteiger partial charge on any atom is 0.316 e. The van der Waals surface area contributed by atoms with E-state index in [2.05, 4.69) is 56.5 Å². The fourth-order valence-electron chi connectivity index (χ4n) is 6.53.